The highest BCUT2D eigenvalue weighted by atomic mass is 16.6. The molecule has 1 spiro atoms. The topological polar surface area (TPSA) is 53.0 Å². The molecular weight excluding hydrogens is 288 g/mol. The summed E-state index contributed by atoms with van der Waals surface area (Å²) in [7, 11) is 0. The smallest absolute Gasteiger partial charge is 0.103 e. The molecule has 1 heterocycles. The fourth-order valence-corrected chi connectivity index (χ4v) is 7.90. The standard InChI is InChI=1S/C20H32O3/c1-17-8-5-15-13(14(17)6-9-19(17,3)22)10-16-20(23-16)11-12(21)4-7-18(15,20)2/h12-16,21-22H,4-11H2,1-3H3/t12?,13?,14?,15?,16-,17?,18?,19-,20-/m0/s1. The van der Waals surface area contributed by atoms with Crippen molar-refractivity contribution in [1.29, 1.82) is 0 Å². The number of hydrogen-bond donors (Lipinski definition) is 2. The molecule has 23 heavy (non-hydrogen) atoms. The van der Waals surface area contributed by atoms with Crippen molar-refractivity contribution in [3.05, 3.63) is 0 Å². The van der Waals surface area contributed by atoms with Crippen molar-refractivity contribution in [3.8, 4) is 0 Å². The first kappa shape index (κ1) is 15.2. The SMILES string of the molecule is CC12CCC3C(C[C@@H]4O[C@@]45CC(O)CCC35C)C1CC[C@]2(C)O. The van der Waals surface area contributed by atoms with Crippen LogP contribution in [0.2, 0.25) is 0 Å². The third-order valence-electron chi connectivity index (χ3n) is 9.62. The highest BCUT2D eigenvalue weighted by Crippen LogP contribution is 2.74. The summed E-state index contributed by atoms with van der Waals surface area (Å²) in [5.41, 5.74) is -0.171. The number of ether oxygens (including phenoxy) is 1. The molecule has 0 bridgehead atoms. The molecule has 5 rings (SSSR count). The molecule has 3 nitrogen and oxygen atoms in total. The number of fused-ring (bicyclic) bond motifs is 4. The molecule has 0 aromatic rings. The van der Waals surface area contributed by atoms with Gasteiger partial charge in [-0.25, -0.2) is 0 Å². The van der Waals surface area contributed by atoms with Gasteiger partial charge >= 0.3 is 0 Å². The van der Waals surface area contributed by atoms with E-state index in [2.05, 4.69) is 20.8 Å². The minimum absolute atomic E-state index is 0.0132. The molecule has 0 amide bonds. The van der Waals surface area contributed by atoms with Crippen LogP contribution >= 0.6 is 0 Å². The Morgan fingerprint density at radius 3 is 2.35 bits per heavy atom. The fraction of sp³-hybridized carbons (Fsp3) is 1.00. The van der Waals surface area contributed by atoms with Gasteiger partial charge < -0.3 is 14.9 Å². The van der Waals surface area contributed by atoms with Crippen molar-refractivity contribution < 1.29 is 14.9 Å². The third kappa shape index (κ3) is 1.58. The number of rotatable bonds is 0. The van der Waals surface area contributed by atoms with Crippen LogP contribution < -0.4 is 0 Å². The number of aliphatic hydroxyl groups is 2. The highest BCUT2D eigenvalue weighted by Gasteiger charge is 2.76. The molecule has 4 aliphatic carbocycles. The van der Waals surface area contributed by atoms with Gasteiger partial charge in [0.2, 0.25) is 0 Å². The Kier molecular flexibility index (Phi) is 2.74. The fourth-order valence-electron chi connectivity index (χ4n) is 7.90. The number of aliphatic hydroxyl groups excluding tert-OH is 1. The van der Waals surface area contributed by atoms with E-state index in [4.69, 9.17) is 4.74 Å². The van der Waals surface area contributed by atoms with Crippen LogP contribution in [0.25, 0.3) is 0 Å². The van der Waals surface area contributed by atoms with Gasteiger partial charge in [-0.2, -0.15) is 0 Å². The van der Waals surface area contributed by atoms with Crippen molar-refractivity contribution >= 4 is 0 Å². The Morgan fingerprint density at radius 2 is 1.57 bits per heavy atom. The number of hydrogen-bond acceptors (Lipinski definition) is 3. The van der Waals surface area contributed by atoms with Crippen LogP contribution in [-0.2, 0) is 4.74 Å². The van der Waals surface area contributed by atoms with E-state index in [9.17, 15) is 10.2 Å². The first-order chi connectivity index (χ1) is 10.7. The van der Waals surface area contributed by atoms with Gasteiger partial charge in [-0.05, 0) is 75.0 Å². The van der Waals surface area contributed by atoms with Gasteiger partial charge in [-0.15, -0.1) is 0 Å². The van der Waals surface area contributed by atoms with E-state index in [1.54, 1.807) is 0 Å². The summed E-state index contributed by atoms with van der Waals surface area (Å²) in [6, 6.07) is 0. The zero-order valence-electron chi connectivity index (χ0n) is 14.8. The maximum atomic E-state index is 11.0. The zero-order chi connectivity index (χ0) is 16.3. The average Bonchev–Trinajstić information content (AvgIpc) is 3.11. The first-order valence-electron chi connectivity index (χ1n) is 9.82. The largest absolute Gasteiger partial charge is 0.393 e. The van der Waals surface area contributed by atoms with Crippen LogP contribution in [0.1, 0.15) is 72.1 Å². The average molecular weight is 320 g/mol. The van der Waals surface area contributed by atoms with Crippen LogP contribution in [0.5, 0.6) is 0 Å². The lowest BCUT2D eigenvalue weighted by atomic mass is 9.44. The van der Waals surface area contributed by atoms with Crippen molar-refractivity contribution in [2.75, 3.05) is 0 Å². The van der Waals surface area contributed by atoms with E-state index < -0.39 is 5.60 Å². The summed E-state index contributed by atoms with van der Waals surface area (Å²) >= 11 is 0. The van der Waals surface area contributed by atoms with E-state index in [-0.39, 0.29) is 22.5 Å². The lowest BCUT2D eigenvalue weighted by Gasteiger charge is -2.59. The number of epoxide rings is 1. The molecule has 0 radical (unpaired) electrons. The van der Waals surface area contributed by atoms with Gasteiger partial charge in [0, 0.05) is 11.8 Å². The predicted molar refractivity (Wildman–Crippen MR) is 87.9 cm³/mol. The van der Waals surface area contributed by atoms with Crippen molar-refractivity contribution in [3.63, 3.8) is 0 Å². The molecule has 0 aromatic carbocycles. The maximum absolute atomic E-state index is 11.0. The molecule has 1 saturated heterocycles. The summed E-state index contributed by atoms with van der Waals surface area (Å²) < 4.78 is 6.35. The van der Waals surface area contributed by atoms with E-state index in [1.165, 1.54) is 19.3 Å². The molecule has 9 atom stereocenters. The summed E-state index contributed by atoms with van der Waals surface area (Å²) in [6.45, 7) is 6.89. The second-order valence-electron chi connectivity index (χ2n) is 10.2. The summed E-state index contributed by atoms with van der Waals surface area (Å²) in [5, 5.41) is 21.2. The van der Waals surface area contributed by atoms with Gasteiger partial charge in [0.05, 0.1) is 17.8 Å². The monoisotopic (exact) mass is 320 g/mol. The first-order valence-corrected chi connectivity index (χ1v) is 9.82. The molecule has 2 N–H and O–H groups in total. The second-order valence-corrected chi connectivity index (χ2v) is 10.2. The van der Waals surface area contributed by atoms with E-state index in [1.807, 2.05) is 0 Å². The molecule has 5 fully saturated rings. The zero-order valence-corrected chi connectivity index (χ0v) is 14.8. The van der Waals surface area contributed by atoms with Gasteiger partial charge in [-0.1, -0.05) is 13.8 Å². The van der Waals surface area contributed by atoms with Crippen molar-refractivity contribution in [2.24, 2.45) is 28.6 Å². The maximum Gasteiger partial charge on any atom is 0.103 e. The van der Waals surface area contributed by atoms with Crippen LogP contribution in [-0.4, -0.2) is 33.6 Å². The molecule has 130 valence electrons. The van der Waals surface area contributed by atoms with Crippen LogP contribution in [0.4, 0.5) is 0 Å². The highest BCUT2D eigenvalue weighted by molar-refractivity contribution is 5.24. The van der Waals surface area contributed by atoms with E-state index >= 15 is 0 Å². The molecule has 3 heteroatoms. The Balaban J connectivity index is 1.52. The Morgan fingerprint density at radius 1 is 0.913 bits per heavy atom. The van der Waals surface area contributed by atoms with Gasteiger partial charge in [0.25, 0.3) is 0 Å². The van der Waals surface area contributed by atoms with Crippen molar-refractivity contribution in [2.45, 2.75) is 95.5 Å². The Bertz CT molecular complexity index is 545. The summed E-state index contributed by atoms with van der Waals surface area (Å²) in [4.78, 5) is 0. The van der Waals surface area contributed by atoms with E-state index in [0.717, 1.165) is 38.0 Å². The van der Waals surface area contributed by atoms with Gasteiger partial charge in [-0.3, -0.25) is 0 Å². The van der Waals surface area contributed by atoms with Gasteiger partial charge in [0.1, 0.15) is 5.60 Å². The molecule has 6 unspecified atom stereocenters. The second kappa shape index (κ2) is 4.16. The van der Waals surface area contributed by atoms with Gasteiger partial charge in [0.15, 0.2) is 0 Å². The van der Waals surface area contributed by atoms with E-state index in [0.29, 0.717) is 17.9 Å². The minimum atomic E-state index is -0.495. The minimum Gasteiger partial charge on any atom is -0.393 e. The lowest BCUT2D eigenvalue weighted by Crippen LogP contribution is -2.59. The Labute approximate surface area is 139 Å². The lowest BCUT2D eigenvalue weighted by molar-refractivity contribution is -0.143. The molecular formula is C20H32O3. The molecule has 5 aliphatic rings. The third-order valence-corrected chi connectivity index (χ3v) is 9.62. The molecule has 4 saturated carbocycles. The Hall–Kier alpha value is -0.120. The summed E-state index contributed by atoms with van der Waals surface area (Å²) in [5.74, 6) is 2.09. The van der Waals surface area contributed by atoms with Crippen LogP contribution in [0, 0.1) is 28.6 Å². The molecule has 0 aromatic heterocycles. The van der Waals surface area contributed by atoms with Crippen LogP contribution in [0.3, 0.4) is 0 Å². The van der Waals surface area contributed by atoms with Crippen LogP contribution in [0.15, 0.2) is 0 Å². The quantitative estimate of drug-likeness (QED) is 0.674. The summed E-state index contributed by atoms with van der Waals surface area (Å²) in [6.07, 6.45) is 8.83. The molecule has 1 aliphatic heterocycles. The normalized spacial score (nSPS) is 66.9. The predicted octanol–water partition coefficient (Wildman–Crippen LogP) is 3.27. The van der Waals surface area contributed by atoms with Crippen molar-refractivity contribution in [1.82, 2.24) is 0 Å².